The molecule has 1 saturated heterocycles. The molecule has 5 rings (SSSR count). The highest BCUT2D eigenvalue weighted by Gasteiger charge is 2.51. The topological polar surface area (TPSA) is 55.2 Å². The number of nitrogens with zero attached hydrogens (tertiary/aromatic N) is 3. The monoisotopic (exact) mass is 323 g/mol. The average Bonchev–Trinajstić information content (AvgIpc) is 3.05. The summed E-state index contributed by atoms with van der Waals surface area (Å²) in [5.74, 6) is 2.71. The highest BCUT2D eigenvalue weighted by Crippen LogP contribution is 2.52. The maximum Gasteiger partial charge on any atom is 0.246 e. The van der Waals surface area contributed by atoms with E-state index < -0.39 is 10.0 Å². The maximum absolute atomic E-state index is 13.1. The van der Waals surface area contributed by atoms with E-state index >= 15 is 0 Å². The Kier molecular flexibility index (Phi) is 3.21. The van der Waals surface area contributed by atoms with Crippen molar-refractivity contribution in [1.29, 1.82) is 0 Å². The second-order valence-electron chi connectivity index (χ2n) is 7.45. The molecule has 0 amide bonds. The molecule has 1 aromatic rings. The zero-order chi connectivity index (χ0) is 15.6. The average molecular weight is 323 g/mol. The Morgan fingerprint density at radius 2 is 1.50 bits per heavy atom. The van der Waals surface area contributed by atoms with E-state index in [2.05, 4.69) is 5.10 Å². The third-order valence-corrected chi connectivity index (χ3v) is 8.53. The van der Waals surface area contributed by atoms with Crippen LogP contribution in [0.4, 0.5) is 0 Å². The van der Waals surface area contributed by atoms with Gasteiger partial charge in [0, 0.05) is 20.1 Å². The van der Waals surface area contributed by atoms with Crippen LogP contribution in [0.15, 0.2) is 4.90 Å². The highest BCUT2D eigenvalue weighted by molar-refractivity contribution is 7.89. The normalized spacial score (nSPS) is 35.0. The zero-order valence-electron chi connectivity index (χ0n) is 13.6. The van der Waals surface area contributed by atoms with E-state index in [-0.39, 0.29) is 0 Å². The molecule has 0 radical (unpaired) electrons. The molecular formula is C16H25N3O2S. The standard InChI is InChI=1S/C16H25N3O2S/c1-10-16(11(2)18(3)17-10)22(20,21)19-8-14-12-4-5-13(7-6-12)15(14)9-19/h12-15H,4-9H2,1-3H3/t12?,13?,14-,15+. The Bertz CT molecular complexity index is 681. The van der Waals surface area contributed by atoms with Crippen LogP contribution in [-0.2, 0) is 17.1 Å². The first-order chi connectivity index (χ1) is 10.4. The van der Waals surface area contributed by atoms with Crippen molar-refractivity contribution in [3.05, 3.63) is 11.4 Å². The molecule has 2 heterocycles. The molecule has 3 saturated carbocycles. The summed E-state index contributed by atoms with van der Waals surface area (Å²) in [6.45, 7) is 5.09. The number of fused-ring (bicyclic) bond motifs is 2. The van der Waals surface area contributed by atoms with Gasteiger partial charge >= 0.3 is 0 Å². The lowest BCUT2D eigenvalue weighted by Crippen LogP contribution is -2.38. The van der Waals surface area contributed by atoms with Crippen molar-refractivity contribution in [3.63, 3.8) is 0 Å². The van der Waals surface area contributed by atoms with Crippen LogP contribution in [0.5, 0.6) is 0 Å². The van der Waals surface area contributed by atoms with Gasteiger partial charge in [-0.25, -0.2) is 8.42 Å². The van der Waals surface area contributed by atoms with Gasteiger partial charge in [-0.2, -0.15) is 9.40 Å². The van der Waals surface area contributed by atoms with Gasteiger partial charge in [0.25, 0.3) is 0 Å². The predicted octanol–water partition coefficient (Wildman–Crippen LogP) is 2.09. The molecule has 22 heavy (non-hydrogen) atoms. The summed E-state index contributed by atoms with van der Waals surface area (Å²) in [5.41, 5.74) is 1.37. The maximum atomic E-state index is 13.1. The molecule has 4 fully saturated rings. The van der Waals surface area contributed by atoms with E-state index in [0.29, 0.717) is 22.4 Å². The molecule has 2 atom stereocenters. The molecule has 122 valence electrons. The van der Waals surface area contributed by atoms with E-state index in [1.807, 2.05) is 14.0 Å². The number of hydrogen-bond donors (Lipinski definition) is 0. The van der Waals surface area contributed by atoms with Crippen LogP contribution in [0.3, 0.4) is 0 Å². The van der Waals surface area contributed by atoms with Crippen molar-refractivity contribution >= 4 is 10.0 Å². The zero-order valence-corrected chi connectivity index (χ0v) is 14.4. The quantitative estimate of drug-likeness (QED) is 0.837. The van der Waals surface area contributed by atoms with Crippen LogP contribution in [0.25, 0.3) is 0 Å². The Labute approximate surface area is 132 Å². The molecule has 4 aliphatic rings. The molecule has 1 aromatic heterocycles. The third kappa shape index (κ3) is 1.92. The van der Waals surface area contributed by atoms with E-state index in [0.717, 1.165) is 30.6 Å². The summed E-state index contributed by atoms with van der Waals surface area (Å²) >= 11 is 0. The fourth-order valence-corrected chi connectivity index (χ4v) is 7.18. The predicted molar refractivity (Wildman–Crippen MR) is 83.9 cm³/mol. The second-order valence-corrected chi connectivity index (χ2v) is 9.32. The van der Waals surface area contributed by atoms with Crippen LogP contribution in [0.1, 0.15) is 37.1 Å². The first-order valence-corrected chi connectivity index (χ1v) is 9.84. The van der Waals surface area contributed by atoms with Gasteiger partial charge in [-0.3, -0.25) is 4.68 Å². The molecule has 0 aromatic carbocycles. The van der Waals surface area contributed by atoms with Crippen LogP contribution in [0.2, 0.25) is 0 Å². The van der Waals surface area contributed by atoms with Gasteiger partial charge in [-0.05, 0) is 63.2 Å². The second kappa shape index (κ2) is 4.81. The van der Waals surface area contributed by atoms with Gasteiger partial charge in [0.1, 0.15) is 4.90 Å². The fraction of sp³-hybridized carbons (Fsp3) is 0.812. The number of sulfonamides is 1. The molecule has 2 bridgehead atoms. The molecule has 0 N–H and O–H groups in total. The van der Waals surface area contributed by atoms with Gasteiger partial charge in [0.15, 0.2) is 0 Å². The first kappa shape index (κ1) is 14.7. The largest absolute Gasteiger partial charge is 0.271 e. The van der Waals surface area contributed by atoms with Crippen molar-refractivity contribution < 1.29 is 8.42 Å². The summed E-state index contributed by atoms with van der Waals surface area (Å²) in [4.78, 5) is 0.431. The summed E-state index contributed by atoms with van der Waals surface area (Å²) in [6.07, 6.45) is 5.24. The number of aromatic nitrogens is 2. The first-order valence-electron chi connectivity index (χ1n) is 8.40. The Hall–Kier alpha value is -0.880. The number of rotatable bonds is 2. The Balaban J connectivity index is 1.68. The molecule has 0 unspecified atom stereocenters. The minimum atomic E-state index is -3.41. The van der Waals surface area contributed by atoms with Crippen molar-refractivity contribution in [2.75, 3.05) is 13.1 Å². The van der Waals surface area contributed by atoms with Gasteiger partial charge in [0.05, 0.1) is 11.4 Å². The van der Waals surface area contributed by atoms with Gasteiger partial charge in [-0.1, -0.05) is 0 Å². The van der Waals surface area contributed by atoms with Gasteiger partial charge < -0.3 is 0 Å². The minimum absolute atomic E-state index is 0.431. The number of aryl methyl sites for hydroxylation is 2. The lowest BCUT2D eigenvalue weighted by Gasteiger charge is -2.45. The molecule has 3 aliphatic carbocycles. The van der Waals surface area contributed by atoms with Crippen LogP contribution in [-0.4, -0.2) is 35.6 Å². The third-order valence-electron chi connectivity index (χ3n) is 6.45. The summed E-state index contributed by atoms with van der Waals surface area (Å²) in [5, 5.41) is 4.29. The van der Waals surface area contributed by atoms with Crippen molar-refractivity contribution in [3.8, 4) is 0 Å². The van der Waals surface area contributed by atoms with Gasteiger partial charge in [0.2, 0.25) is 10.0 Å². The van der Waals surface area contributed by atoms with Crippen LogP contribution < -0.4 is 0 Å². The smallest absolute Gasteiger partial charge is 0.246 e. The fourth-order valence-electron chi connectivity index (χ4n) is 5.27. The highest BCUT2D eigenvalue weighted by atomic mass is 32.2. The molecule has 0 spiro atoms. The summed E-state index contributed by atoms with van der Waals surface area (Å²) < 4.78 is 29.7. The Morgan fingerprint density at radius 3 is 1.91 bits per heavy atom. The molecule has 6 heteroatoms. The lowest BCUT2D eigenvalue weighted by atomic mass is 9.60. The molecular weight excluding hydrogens is 298 g/mol. The van der Waals surface area contributed by atoms with Crippen LogP contribution >= 0.6 is 0 Å². The molecule has 1 aliphatic heterocycles. The number of hydrogen-bond acceptors (Lipinski definition) is 3. The molecule has 5 nitrogen and oxygen atoms in total. The van der Waals surface area contributed by atoms with E-state index in [1.165, 1.54) is 25.7 Å². The lowest BCUT2D eigenvalue weighted by molar-refractivity contribution is 0.0577. The van der Waals surface area contributed by atoms with Crippen molar-refractivity contribution in [2.24, 2.45) is 30.7 Å². The van der Waals surface area contributed by atoms with Crippen LogP contribution in [0, 0.1) is 37.5 Å². The van der Waals surface area contributed by atoms with E-state index in [9.17, 15) is 8.42 Å². The summed E-state index contributed by atoms with van der Waals surface area (Å²) in [6, 6.07) is 0. The Morgan fingerprint density at radius 1 is 1.00 bits per heavy atom. The van der Waals surface area contributed by atoms with Crippen molar-refractivity contribution in [2.45, 2.75) is 44.4 Å². The van der Waals surface area contributed by atoms with Crippen molar-refractivity contribution in [1.82, 2.24) is 14.1 Å². The van der Waals surface area contributed by atoms with E-state index in [1.54, 1.807) is 15.9 Å². The van der Waals surface area contributed by atoms with Gasteiger partial charge in [-0.15, -0.1) is 0 Å². The minimum Gasteiger partial charge on any atom is -0.271 e. The SMILES string of the molecule is Cc1nn(C)c(C)c1S(=O)(=O)N1C[C@@H]2C3CCC(CC3)[C@@H]2C1. The van der Waals surface area contributed by atoms with E-state index in [4.69, 9.17) is 0 Å². The summed E-state index contributed by atoms with van der Waals surface area (Å²) in [7, 11) is -1.60.